The monoisotopic (exact) mass is 414 g/mol. The van der Waals surface area contributed by atoms with Crippen LogP contribution in [0.15, 0.2) is 73.1 Å². The third-order valence-electron chi connectivity index (χ3n) is 6.11. The van der Waals surface area contributed by atoms with Gasteiger partial charge in [-0.2, -0.15) is 0 Å². The molecule has 2 atom stereocenters. The average Bonchev–Trinajstić information content (AvgIpc) is 3.43. The molecule has 2 aromatic heterocycles. The van der Waals surface area contributed by atoms with E-state index in [0.717, 1.165) is 42.2 Å². The minimum Gasteiger partial charge on any atom is -0.479 e. The van der Waals surface area contributed by atoms with Crippen molar-refractivity contribution >= 4 is 5.52 Å². The van der Waals surface area contributed by atoms with Gasteiger partial charge in [-0.15, -0.1) is 0 Å². The second-order valence-corrected chi connectivity index (χ2v) is 8.11. The first-order valence-electron chi connectivity index (χ1n) is 10.6. The summed E-state index contributed by atoms with van der Waals surface area (Å²) in [6.45, 7) is 2.69. The smallest absolute Gasteiger partial charge is 0.240 e. The van der Waals surface area contributed by atoms with Gasteiger partial charge < -0.3 is 9.84 Å². The Bertz CT molecular complexity index is 1160. The van der Waals surface area contributed by atoms with Gasteiger partial charge in [0.2, 0.25) is 5.88 Å². The van der Waals surface area contributed by atoms with Crippen LogP contribution in [-0.2, 0) is 6.54 Å². The van der Waals surface area contributed by atoms with Gasteiger partial charge in [-0.3, -0.25) is 9.30 Å². The maximum Gasteiger partial charge on any atom is 0.240 e. The van der Waals surface area contributed by atoms with Crippen molar-refractivity contribution in [2.24, 2.45) is 5.92 Å². The normalized spacial score (nSPS) is 19.2. The molecule has 5 rings (SSSR count). The van der Waals surface area contributed by atoms with Crippen LogP contribution in [0.3, 0.4) is 0 Å². The molecular weight excluding hydrogens is 388 g/mol. The molecule has 1 saturated heterocycles. The highest BCUT2D eigenvalue weighted by Crippen LogP contribution is 2.35. The number of methoxy groups -OCH3 is 1. The van der Waals surface area contributed by atoms with Crippen molar-refractivity contribution < 1.29 is 9.84 Å². The summed E-state index contributed by atoms with van der Waals surface area (Å²) < 4.78 is 7.68. The third-order valence-corrected chi connectivity index (χ3v) is 6.11. The number of benzene rings is 2. The fourth-order valence-corrected chi connectivity index (χ4v) is 4.57. The lowest BCUT2D eigenvalue weighted by molar-refractivity contribution is 0.213. The highest BCUT2D eigenvalue weighted by molar-refractivity contribution is 5.66. The van der Waals surface area contributed by atoms with Crippen molar-refractivity contribution in [3.05, 3.63) is 84.3 Å². The lowest BCUT2D eigenvalue weighted by Gasteiger charge is -2.17. The largest absolute Gasteiger partial charge is 0.479 e. The summed E-state index contributed by atoms with van der Waals surface area (Å²) >= 11 is 0. The van der Waals surface area contributed by atoms with Crippen LogP contribution in [0, 0.1) is 5.92 Å². The minimum atomic E-state index is 0.123. The molecule has 1 N–H and O–H groups in total. The van der Waals surface area contributed by atoms with E-state index in [0.29, 0.717) is 5.88 Å². The summed E-state index contributed by atoms with van der Waals surface area (Å²) in [6, 6.07) is 20.6. The zero-order valence-corrected chi connectivity index (χ0v) is 17.6. The number of aliphatic hydroxyl groups excluding tert-OH is 1. The predicted molar refractivity (Wildman–Crippen MR) is 120 cm³/mol. The first kappa shape index (κ1) is 19.7. The molecule has 1 aliphatic rings. The predicted octanol–water partition coefficient (Wildman–Crippen LogP) is 3.61. The van der Waals surface area contributed by atoms with E-state index in [1.807, 2.05) is 24.3 Å². The maximum atomic E-state index is 10.1. The second kappa shape index (κ2) is 8.49. The van der Waals surface area contributed by atoms with Crippen molar-refractivity contribution in [2.45, 2.75) is 12.5 Å². The summed E-state index contributed by atoms with van der Waals surface area (Å²) in [5, 5.41) is 10.1. The van der Waals surface area contributed by atoms with Crippen molar-refractivity contribution in [1.82, 2.24) is 19.3 Å². The number of rotatable bonds is 6. The van der Waals surface area contributed by atoms with Gasteiger partial charge in [-0.05, 0) is 5.56 Å². The number of aromatic nitrogens is 3. The third kappa shape index (κ3) is 3.80. The molecule has 2 aromatic carbocycles. The standard InChI is InChI=1S/C25H26N4O2/c1-31-25-23-12-26-24(19-10-6-3-7-11-19)29(23)16-22(27-25)21-15-28(14-20(21)17-30)13-18-8-4-2-5-9-18/h2-12,16,20-21,30H,13-15,17H2,1H3. The van der Waals surface area contributed by atoms with Crippen molar-refractivity contribution in [3.8, 4) is 17.3 Å². The summed E-state index contributed by atoms with van der Waals surface area (Å²) in [5.74, 6) is 1.67. The van der Waals surface area contributed by atoms with Gasteiger partial charge in [0.25, 0.3) is 0 Å². The first-order valence-corrected chi connectivity index (χ1v) is 10.6. The molecule has 0 spiro atoms. The Morgan fingerprint density at radius 1 is 1.03 bits per heavy atom. The zero-order chi connectivity index (χ0) is 21.2. The van der Waals surface area contributed by atoms with E-state index in [-0.39, 0.29) is 18.4 Å². The molecule has 6 heteroatoms. The number of hydrogen-bond acceptors (Lipinski definition) is 5. The van der Waals surface area contributed by atoms with Gasteiger partial charge in [0.05, 0.1) is 19.0 Å². The molecule has 0 saturated carbocycles. The molecule has 2 unspecified atom stereocenters. The van der Waals surface area contributed by atoms with Gasteiger partial charge in [-0.25, -0.2) is 9.97 Å². The number of fused-ring (bicyclic) bond motifs is 1. The second-order valence-electron chi connectivity index (χ2n) is 8.11. The van der Waals surface area contributed by atoms with E-state index in [1.54, 1.807) is 13.3 Å². The fourth-order valence-electron chi connectivity index (χ4n) is 4.57. The molecular formula is C25H26N4O2. The van der Waals surface area contributed by atoms with Crippen molar-refractivity contribution in [3.63, 3.8) is 0 Å². The molecule has 31 heavy (non-hydrogen) atoms. The van der Waals surface area contributed by atoms with Gasteiger partial charge in [-0.1, -0.05) is 60.7 Å². The molecule has 4 aromatic rings. The Balaban J connectivity index is 1.51. The van der Waals surface area contributed by atoms with E-state index in [9.17, 15) is 5.11 Å². The summed E-state index contributed by atoms with van der Waals surface area (Å²) in [4.78, 5) is 11.9. The Morgan fingerprint density at radius 3 is 2.48 bits per heavy atom. The van der Waals surface area contributed by atoms with Crippen LogP contribution in [0.5, 0.6) is 5.88 Å². The Morgan fingerprint density at radius 2 is 1.77 bits per heavy atom. The van der Waals surface area contributed by atoms with Crippen LogP contribution in [0.4, 0.5) is 0 Å². The van der Waals surface area contributed by atoms with Gasteiger partial charge in [0.15, 0.2) is 0 Å². The maximum absolute atomic E-state index is 10.1. The summed E-state index contributed by atoms with van der Waals surface area (Å²) in [5.41, 5.74) is 4.08. The first-order chi connectivity index (χ1) is 15.3. The molecule has 0 aliphatic carbocycles. The van der Waals surface area contributed by atoms with E-state index in [2.05, 4.69) is 56.9 Å². The lowest BCUT2D eigenvalue weighted by Crippen LogP contribution is -2.20. The van der Waals surface area contributed by atoms with Crippen LogP contribution in [0.25, 0.3) is 16.9 Å². The molecule has 1 fully saturated rings. The molecule has 0 bridgehead atoms. The van der Waals surface area contributed by atoms with Crippen LogP contribution < -0.4 is 4.74 Å². The zero-order valence-electron chi connectivity index (χ0n) is 17.6. The molecule has 3 heterocycles. The van der Waals surface area contributed by atoms with E-state index < -0.39 is 0 Å². The number of likely N-dealkylation sites (tertiary alicyclic amines) is 1. The van der Waals surface area contributed by atoms with Crippen molar-refractivity contribution in [2.75, 3.05) is 26.8 Å². The lowest BCUT2D eigenvalue weighted by atomic mass is 9.94. The Kier molecular flexibility index (Phi) is 5.40. The molecule has 0 amide bonds. The van der Waals surface area contributed by atoms with Crippen LogP contribution in [0.2, 0.25) is 0 Å². The number of hydrogen-bond donors (Lipinski definition) is 1. The quantitative estimate of drug-likeness (QED) is 0.522. The number of aliphatic hydroxyl groups is 1. The van der Waals surface area contributed by atoms with Crippen LogP contribution in [-0.4, -0.2) is 51.2 Å². The summed E-state index contributed by atoms with van der Waals surface area (Å²) in [7, 11) is 1.64. The van der Waals surface area contributed by atoms with Gasteiger partial charge in [0.1, 0.15) is 11.3 Å². The van der Waals surface area contributed by atoms with E-state index in [4.69, 9.17) is 9.72 Å². The van der Waals surface area contributed by atoms with E-state index >= 15 is 0 Å². The SMILES string of the molecule is COc1nc(C2CN(Cc3ccccc3)CC2CO)cn2c(-c3ccccc3)ncc12. The molecule has 0 radical (unpaired) electrons. The molecule has 6 nitrogen and oxygen atoms in total. The Hall–Kier alpha value is -3.22. The minimum absolute atomic E-state index is 0.123. The number of imidazole rings is 1. The number of ether oxygens (including phenoxy) is 1. The van der Waals surface area contributed by atoms with E-state index in [1.165, 1.54) is 5.56 Å². The summed E-state index contributed by atoms with van der Waals surface area (Å²) in [6.07, 6.45) is 3.87. The highest BCUT2D eigenvalue weighted by Gasteiger charge is 2.35. The average molecular weight is 415 g/mol. The fraction of sp³-hybridized carbons (Fsp3) is 0.280. The number of nitrogens with zero attached hydrogens (tertiary/aromatic N) is 4. The van der Waals surface area contributed by atoms with Gasteiger partial charge in [0, 0.05) is 49.8 Å². The van der Waals surface area contributed by atoms with Gasteiger partial charge >= 0.3 is 0 Å². The highest BCUT2D eigenvalue weighted by atomic mass is 16.5. The molecule has 1 aliphatic heterocycles. The topological polar surface area (TPSA) is 62.9 Å². The molecule has 158 valence electrons. The van der Waals surface area contributed by atoms with Crippen LogP contribution in [0.1, 0.15) is 17.2 Å². The van der Waals surface area contributed by atoms with Crippen LogP contribution >= 0.6 is 0 Å². The Labute approximate surface area is 181 Å². The van der Waals surface area contributed by atoms with Crippen molar-refractivity contribution in [1.29, 1.82) is 0 Å².